The molecule has 2 amide bonds. The second-order valence-corrected chi connectivity index (χ2v) is 4.94. The predicted molar refractivity (Wildman–Crippen MR) is 90.4 cm³/mol. The zero-order chi connectivity index (χ0) is 15.9. The van der Waals surface area contributed by atoms with E-state index in [1.807, 2.05) is 60.7 Å². The Kier molecular flexibility index (Phi) is 5.09. The fourth-order valence-electron chi connectivity index (χ4n) is 1.95. The van der Waals surface area contributed by atoms with Crippen LogP contribution in [-0.4, -0.2) is 11.8 Å². The van der Waals surface area contributed by atoms with Crippen LogP contribution in [0.1, 0.15) is 25.0 Å². The number of hydrogen-bond donors (Lipinski definition) is 2. The summed E-state index contributed by atoms with van der Waals surface area (Å²) in [7, 11) is 0. The molecule has 0 saturated carbocycles. The Balaban J connectivity index is 2.01. The summed E-state index contributed by atoms with van der Waals surface area (Å²) in [5.74, 6) is -0.162. The van der Waals surface area contributed by atoms with E-state index in [4.69, 9.17) is 0 Å². The Morgan fingerprint density at radius 2 is 1.00 bits per heavy atom. The van der Waals surface area contributed by atoms with Crippen molar-refractivity contribution in [2.45, 2.75) is 13.8 Å². The van der Waals surface area contributed by atoms with Gasteiger partial charge in [0.25, 0.3) is 0 Å². The van der Waals surface area contributed by atoms with Crippen molar-refractivity contribution < 1.29 is 9.59 Å². The van der Waals surface area contributed by atoms with Crippen molar-refractivity contribution in [1.29, 1.82) is 0 Å². The Hall–Kier alpha value is -2.88. The quantitative estimate of drug-likeness (QED) is 0.843. The van der Waals surface area contributed by atoms with Crippen LogP contribution in [0.25, 0.3) is 12.2 Å². The lowest BCUT2D eigenvalue weighted by Gasteiger charge is -2.03. The molecule has 0 radical (unpaired) electrons. The number of rotatable bonds is 4. The molecular weight excluding hydrogens is 276 g/mol. The summed E-state index contributed by atoms with van der Waals surface area (Å²) >= 11 is 0. The molecule has 0 spiro atoms. The van der Waals surface area contributed by atoms with Crippen molar-refractivity contribution in [2.24, 2.45) is 0 Å². The largest absolute Gasteiger partial charge is 0.326 e. The van der Waals surface area contributed by atoms with Gasteiger partial charge in [-0.2, -0.15) is 0 Å². The molecular formula is C18H18N2O2. The third-order valence-corrected chi connectivity index (χ3v) is 2.93. The number of carbonyl (C=O) groups is 2. The first-order valence-corrected chi connectivity index (χ1v) is 6.96. The maximum absolute atomic E-state index is 11.0. The molecule has 0 aromatic heterocycles. The van der Waals surface area contributed by atoms with Gasteiger partial charge in [0.1, 0.15) is 0 Å². The minimum atomic E-state index is -0.0810. The summed E-state index contributed by atoms with van der Waals surface area (Å²) in [6.45, 7) is 2.97. The van der Waals surface area contributed by atoms with Gasteiger partial charge in [-0.1, -0.05) is 36.4 Å². The summed E-state index contributed by atoms with van der Waals surface area (Å²) in [4.78, 5) is 21.9. The minimum Gasteiger partial charge on any atom is -0.326 e. The van der Waals surface area contributed by atoms with Crippen molar-refractivity contribution in [1.82, 2.24) is 0 Å². The Morgan fingerprint density at radius 1 is 0.682 bits per heavy atom. The molecule has 0 bridgehead atoms. The van der Waals surface area contributed by atoms with Gasteiger partial charge in [-0.3, -0.25) is 9.59 Å². The van der Waals surface area contributed by atoms with Crippen molar-refractivity contribution in [2.75, 3.05) is 10.6 Å². The highest BCUT2D eigenvalue weighted by molar-refractivity contribution is 5.89. The van der Waals surface area contributed by atoms with Crippen LogP contribution < -0.4 is 10.6 Å². The maximum atomic E-state index is 11.0. The molecule has 0 aliphatic rings. The average Bonchev–Trinajstić information content (AvgIpc) is 2.47. The van der Waals surface area contributed by atoms with Crippen LogP contribution in [-0.2, 0) is 9.59 Å². The average molecular weight is 294 g/mol. The number of hydrogen-bond acceptors (Lipinski definition) is 2. The van der Waals surface area contributed by atoms with E-state index in [-0.39, 0.29) is 11.8 Å². The molecule has 2 N–H and O–H groups in total. The number of carbonyl (C=O) groups excluding carboxylic acids is 2. The summed E-state index contributed by atoms with van der Waals surface area (Å²) in [5.41, 5.74) is 3.65. The van der Waals surface area contributed by atoms with Gasteiger partial charge in [0.15, 0.2) is 0 Å². The van der Waals surface area contributed by atoms with Crippen molar-refractivity contribution in [3.63, 3.8) is 0 Å². The van der Waals surface area contributed by atoms with Crippen LogP contribution in [0.3, 0.4) is 0 Å². The summed E-state index contributed by atoms with van der Waals surface area (Å²) < 4.78 is 0. The first kappa shape index (κ1) is 15.5. The van der Waals surface area contributed by atoms with Gasteiger partial charge in [-0.15, -0.1) is 0 Å². The molecule has 0 aliphatic heterocycles. The smallest absolute Gasteiger partial charge is 0.221 e. The molecule has 0 atom stereocenters. The number of benzene rings is 2. The monoisotopic (exact) mass is 294 g/mol. The van der Waals surface area contributed by atoms with Gasteiger partial charge >= 0.3 is 0 Å². The normalized spacial score (nSPS) is 10.5. The highest BCUT2D eigenvalue weighted by Gasteiger charge is 1.96. The zero-order valence-corrected chi connectivity index (χ0v) is 12.6. The topological polar surface area (TPSA) is 58.2 Å². The summed E-state index contributed by atoms with van der Waals surface area (Å²) in [5, 5.41) is 5.46. The first-order valence-electron chi connectivity index (χ1n) is 6.96. The molecule has 4 nitrogen and oxygen atoms in total. The highest BCUT2D eigenvalue weighted by Crippen LogP contribution is 2.14. The van der Waals surface area contributed by atoms with E-state index in [0.717, 1.165) is 22.5 Å². The first-order chi connectivity index (χ1) is 10.5. The lowest BCUT2D eigenvalue weighted by atomic mass is 10.1. The van der Waals surface area contributed by atoms with Crippen LogP contribution in [0, 0.1) is 0 Å². The lowest BCUT2D eigenvalue weighted by molar-refractivity contribution is -0.115. The van der Waals surface area contributed by atoms with Crippen molar-refractivity contribution in [3.05, 3.63) is 59.7 Å². The van der Waals surface area contributed by atoms with Crippen LogP contribution in [0.4, 0.5) is 11.4 Å². The van der Waals surface area contributed by atoms with Gasteiger partial charge in [0.2, 0.25) is 11.8 Å². The fourth-order valence-corrected chi connectivity index (χ4v) is 1.95. The molecule has 2 rings (SSSR count). The van der Waals surface area contributed by atoms with E-state index < -0.39 is 0 Å². The Bertz CT molecular complexity index is 625. The number of amides is 2. The summed E-state index contributed by atoms with van der Waals surface area (Å²) in [6, 6.07) is 15.2. The molecule has 0 unspecified atom stereocenters. The van der Waals surface area contributed by atoms with E-state index in [1.165, 1.54) is 13.8 Å². The van der Waals surface area contributed by atoms with Gasteiger partial charge in [0, 0.05) is 25.2 Å². The third-order valence-electron chi connectivity index (χ3n) is 2.93. The van der Waals surface area contributed by atoms with E-state index in [1.54, 1.807) is 0 Å². The second-order valence-electron chi connectivity index (χ2n) is 4.94. The predicted octanol–water partition coefficient (Wildman–Crippen LogP) is 3.77. The number of anilines is 2. The van der Waals surface area contributed by atoms with Gasteiger partial charge in [-0.05, 0) is 35.4 Å². The van der Waals surface area contributed by atoms with Gasteiger partial charge < -0.3 is 10.6 Å². The van der Waals surface area contributed by atoms with E-state index >= 15 is 0 Å². The Morgan fingerprint density at radius 3 is 1.27 bits per heavy atom. The second kappa shape index (κ2) is 7.22. The van der Waals surface area contributed by atoms with Crippen molar-refractivity contribution in [3.8, 4) is 0 Å². The molecule has 0 aliphatic carbocycles. The SMILES string of the molecule is CC(=O)Nc1ccc(C=Cc2ccc(NC(C)=O)cc2)cc1. The molecule has 2 aromatic carbocycles. The van der Waals surface area contributed by atoms with Crippen molar-refractivity contribution >= 4 is 35.3 Å². The summed E-state index contributed by atoms with van der Waals surface area (Å²) in [6.07, 6.45) is 3.98. The molecule has 112 valence electrons. The fraction of sp³-hybridized carbons (Fsp3) is 0.111. The molecule has 0 heterocycles. The van der Waals surface area contributed by atoms with Crippen LogP contribution in [0.15, 0.2) is 48.5 Å². The van der Waals surface area contributed by atoms with Crippen LogP contribution in [0.2, 0.25) is 0 Å². The molecule has 0 fully saturated rings. The van der Waals surface area contributed by atoms with Gasteiger partial charge in [0.05, 0.1) is 0 Å². The van der Waals surface area contributed by atoms with E-state index in [0.29, 0.717) is 0 Å². The van der Waals surface area contributed by atoms with Crippen LogP contribution >= 0.6 is 0 Å². The van der Waals surface area contributed by atoms with E-state index in [2.05, 4.69) is 10.6 Å². The number of nitrogens with one attached hydrogen (secondary N) is 2. The van der Waals surface area contributed by atoms with Gasteiger partial charge in [-0.25, -0.2) is 0 Å². The molecule has 2 aromatic rings. The minimum absolute atomic E-state index is 0.0810. The maximum Gasteiger partial charge on any atom is 0.221 e. The standard InChI is InChI=1S/C18H18N2O2/c1-13(21)19-17-9-5-15(6-10-17)3-4-16-7-11-18(12-8-16)20-14(2)22/h3-12H,1-2H3,(H,19,21)(H,20,22). The zero-order valence-electron chi connectivity index (χ0n) is 12.6. The molecule has 22 heavy (non-hydrogen) atoms. The highest BCUT2D eigenvalue weighted by atomic mass is 16.2. The third kappa shape index (κ3) is 4.90. The molecule has 0 saturated heterocycles. The lowest BCUT2D eigenvalue weighted by Crippen LogP contribution is -2.05. The Labute approximate surface area is 129 Å². The molecule has 4 heteroatoms. The van der Waals surface area contributed by atoms with E-state index in [9.17, 15) is 9.59 Å². The van der Waals surface area contributed by atoms with Crippen LogP contribution in [0.5, 0.6) is 0 Å².